The molecule has 0 saturated carbocycles. The van der Waals surface area contributed by atoms with Gasteiger partial charge >= 0.3 is 5.97 Å². The lowest BCUT2D eigenvalue weighted by atomic mass is 10.0. The maximum absolute atomic E-state index is 12.6. The molecule has 0 spiro atoms. The zero-order valence-electron chi connectivity index (χ0n) is 15.8. The minimum absolute atomic E-state index is 0.0152. The molecule has 0 unspecified atom stereocenters. The van der Waals surface area contributed by atoms with E-state index in [1.165, 1.54) is 27.7 Å². The number of aromatic nitrogens is 1. The number of fused-ring (bicyclic) bond motifs is 1. The van der Waals surface area contributed by atoms with Crippen LogP contribution in [0.25, 0.3) is 0 Å². The molecule has 1 aliphatic heterocycles. The Morgan fingerprint density at radius 3 is 2.66 bits per heavy atom. The number of Topliss-reactive ketones (excluding diaryl/α,β-unsaturated/α-hetero) is 1. The first-order valence-electron chi connectivity index (χ1n) is 9.53. The average molecular weight is 418 g/mol. The minimum atomic E-state index is -3.71. The molecule has 2 aromatic rings. The van der Waals surface area contributed by atoms with Gasteiger partial charge in [0.15, 0.2) is 12.4 Å². The molecule has 0 atom stereocenters. The van der Waals surface area contributed by atoms with Crippen molar-refractivity contribution in [3.63, 3.8) is 0 Å². The van der Waals surface area contributed by atoms with Gasteiger partial charge in [-0.1, -0.05) is 12.1 Å². The van der Waals surface area contributed by atoms with Gasteiger partial charge in [0.05, 0.1) is 13.2 Å². The summed E-state index contributed by atoms with van der Waals surface area (Å²) in [6.45, 7) is 0.806. The third-order valence-electron chi connectivity index (χ3n) is 5.24. The fourth-order valence-electron chi connectivity index (χ4n) is 3.61. The van der Waals surface area contributed by atoms with E-state index >= 15 is 0 Å². The topological polar surface area (TPSA) is 106 Å². The summed E-state index contributed by atoms with van der Waals surface area (Å²) in [7, 11) is -3.71. The number of H-pyrrole nitrogens is 1. The summed E-state index contributed by atoms with van der Waals surface area (Å²) >= 11 is 0. The number of esters is 1. The Hall–Kier alpha value is -2.49. The van der Waals surface area contributed by atoms with Crippen LogP contribution in [-0.2, 0) is 32.3 Å². The number of nitrogens with zero attached hydrogens (tertiary/aromatic N) is 1. The minimum Gasteiger partial charge on any atom is -0.453 e. The fraction of sp³-hybridized carbons (Fsp3) is 0.400. The molecule has 1 N–H and O–H groups in total. The monoisotopic (exact) mass is 418 g/mol. The van der Waals surface area contributed by atoms with Gasteiger partial charge in [-0.25, -0.2) is 13.2 Å². The van der Waals surface area contributed by atoms with Crippen LogP contribution in [0.3, 0.4) is 0 Å². The van der Waals surface area contributed by atoms with Crippen molar-refractivity contribution in [3.8, 4) is 0 Å². The highest BCUT2D eigenvalue weighted by Gasteiger charge is 2.28. The lowest BCUT2D eigenvalue weighted by Crippen LogP contribution is -2.40. The summed E-state index contributed by atoms with van der Waals surface area (Å²) in [6, 6.07) is 6.79. The SMILES string of the molecule is O=C(COC(=O)c1cc(S(=O)(=O)N2CCOCC2)c[nH]1)c1ccc2c(c1)CCC2. The van der Waals surface area contributed by atoms with Gasteiger partial charge < -0.3 is 14.5 Å². The van der Waals surface area contributed by atoms with Crippen molar-refractivity contribution in [1.82, 2.24) is 9.29 Å². The summed E-state index contributed by atoms with van der Waals surface area (Å²) in [5.41, 5.74) is 2.93. The predicted octanol–water partition coefficient (Wildman–Crippen LogP) is 1.56. The molecule has 1 saturated heterocycles. The molecule has 1 aromatic heterocycles. The van der Waals surface area contributed by atoms with E-state index in [2.05, 4.69) is 4.98 Å². The van der Waals surface area contributed by atoms with Crippen molar-refractivity contribution in [2.24, 2.45) is 0 Å². The third kappa shape index (κ3) is 4.12. The molecule has 0 radical (unpaired) electrons. The van der Waals surface area contributed by atoms with Crippen LogP contribution in [0.5, 0.6) is 0 Å². The number of hydrogen-bond donors (Lipinski definition) is 1. The standard InChI is InChI=1S/C20H22N2O6S/c23-19(16-5-4-14-2-1-3-15(14)10-16)13-28-20(24)18-11-17(12-21-18)29(25,26)22-6-8-27-9-7-22/h4-5,10-12,21H,1-3,6-9,13H2. The number of hydrogen-bond acceptors (Lipinski definition) is 6. The summed E-state index contributed by atoms with van der Waals surface area (Å²) in [5, 5.41) is 0. The van der Waals surface area contributed by atoms with Gasteiger partial charge in [-0.3, -0.25) is 4.79 Å². The fourth-order valence-corrected chi connectivity index (χ4v) is 5.02. The van der Waals surface area contributed by atoms with E-state index in [0.29, 0.717) is 18.8 Å². The molecule has 29 heavy (non-hydrogen) atoms. The number of carbonyl (C=O) groups excluding carboxylic acids is 2. The number of sulfonamides is 1. The van der Waals surface area contributed by atoms with E-state index in [0.717, 1.165) is 19.3 Å². The van der Waals surface area contributed by atoms with Gasteiger partial charge in [-0.2, -0.15) is 4.31 Å². The molecule has 1 aliphatic carbocycles. The van der Waals surface area contributed by atoms with E-state index in [-0.39, 0.29) is 29.5 Å². The van der Waals surface area contributed by atoms with Crippen molar-refractivity contribution in [3.05, 3.63) is 52.8 Å². The van der Waals surface area contributed by atoms with Crippen molar-refractivity contribution in [2.45, 2.75) is 24.2 Å². The second-order valence-electron chi connectivity index (χ2n) is 7.10. The third-order valence-corrected chi connectivity index (χ3v) is 7.12. The van der Waals surface area contributed by atoms with Gasteiger partial charge in [0.2, 0.25) is 10.0 Å². The Morgan fingerprint density at radius 1 is 1.10 bits per heavy atom. The Kier molecular flexibility index (Phi) is 5.53. The summed E-state index contributed by atoms with van der Waals surface area (Å²) < 4.78 is 36.8. The predicted molar refractivity (Wildman–Crippen MR) is 103 cm³/mol. The Morgan fingerprint density at radius 2 is 1.86 bits per heavy atom. The molecule has 0 bridgehead atoms. The lowest BCUT2D eigenvalue weighted by molar-refractivity contribution is 0.0469. The van der Waals surface area contributed by atoms with Crippen LogP contribution >= 0.6 is 0 Å². The zero-order chi connectivity index (χ0) is 20.4. The highest BCUT2D eigenvalue weighted by atomic mass is 32.2. The van der Waals surface area contributed by atoms with Crippen LogP contribution in [0.2, 0.25) is 0 Å². The molecule has 2 aliphatic rings. The first-order valence-corrected chi connectivity index (χ1v) is 11.0. The van der Waals surface area contributed by atoms with E-state index in [4.69, 9.17) is 9.47 Å². The zero-order valence-corrected chi connectivity index (χ0v) is 16.7. The van der Waals surface area contributed by atoms with E-state index < -0.39 is 22.6 Å². The second kappa shape index (κ2) is 8.10. The van der Waals surface area contributed by atoms with Crippen LogP contribution in [-0.4, -0.2) is 62.4 Å². The van der Waals surface area contributed by atoms with Crippen LogP contribution in [0, 0.1) is 0 Å². The van der Waals surface area contributed by atoms with Gasteiger partial charge in [-0.15, -0.1) is 0 Å². The van der Waals surface area contributed by atoms with E-state index in [1.54, 1.807) is 6.07 Å². The van der Waals surface area contributed by atoms with Gasteiger partial charge in [0.1, 0.15) is 10.6 Å². The molecule has 1 fully saturated rings. The summed E-state index contributed by atoms with van der Waals surface area (Å²) in [4.78, 5) is 27.2. The number of nitrogens with one attached hydrogen (secondary N) is 1. The van der Waals surface area contributed by atoms with E-state index in [9.17, 15) is 18.0 Å². The molecular formula is C20H22N2O6S. The molecule has 0 amide bonds. The molecule has 2 heterocycles. The maximum atomic E-state index is 12.6. The number of aryl methyl sites for hydroxylation is 2. The van der Waals surface area contributed by atoms with Crippen molar-refractivity contribution in [2.75, 3.05) is 32.9 Å². The van der Waals surface area contributed by atoms with Crippen molar-refractivity contribution < 1.29 is 27.5 Å². The second-order valence-corrected chi connectivity index (χ2v) is 9.04. The highest BCUT2D eigenvalue weighted by Crippen LogP contribution is 2.23. The average Bonchev–Trinajstić information content (AvgIpc) is 3.41. The number of benzene rings is 1. The van der Waals surface area contributed by atoms with Gasteiger partial charge in [-0.05, 0) is 42.5 Å². The van der Waals surface area contributed by atoms with Crippen molar-refractivity contribution >= 4 is 21.8 Å². The number of ether oxygens (including phenoxy) is 2. The quantitative estimate of drug-likeness (QED) is 0.564. The number of morpholine rings is 1. The Labute approximate surface area is 168 Å². The molecule has 154 valence electrons. The molecule has 4 rings (SSSR count). The Bertz CT molecular complexity index is 1040. The van der Waals surface area contributed by atoms with E-state index in [1.807, 2.05) is 12.1 Å². The number of rotatable bonds is 6. The maximum Gasteiger partial charge on any atom is 0.355 e. The van der Waals surface area contributed by atoms with Crippen LogP contribution in [0.15, 0.2) is 35.4 Å². The normalized spacial score (nSPS) is 17.1. The van der Waals surface area contributed by atoms with Crippen LogP contribution < -0.4 is 0 Å². The highest BCUT2D eigenvalue weighted by molar-refractivity contribution is 7.89. The molecule has 8 nitrogen and oxygen atoms in total. The molecular weight excluding hydrogens is 396 g/mol. The van der Waals surface area contributed by atoms with Gasteiger partial charge in [0, 0.05) is 24.8 Å². The summed E-state index contributed by atoms with van der Waals surface area (Å²) in [5.74, 6) is -1.07. The summed E-state index contributed by atoms with van der Waals surface area (Å²) in [6.07, 6.45) is 4.33. The number of ketones is 1. The Balaban J connectivity index is 1.38. The van der Waals surface area contributed by atoms with Crippen molar-refractivity contribution in [1.29, 1.82) is 0 Å². The number of aromatic amines is 1. The smallest absolute Gasteiger partial charge is 0.355 e. The van der Waals surface area contributed by atoms with Crippen LogP contribution in [0.1, 0.15) is 38.4 Å². The number of carbonyl (C=O) groups is 2. The van der Waals surface area contributed by atoms with Gasteiger partial charge in [0.25, 0.3) is 0 Å². The molecule has 9 heteroatoms. The van der Waals surface area contributed by atoms with Crippen LogP contribution in [0.4, 0.5) is 0 Å². The molecule has 1 aromatic carbocycles. The lowest BCUT2D eigenvalue weighted by Gasteiger charge is -2.25. The largest absolute Gasteiger partial charge is 0.453 e. The first-order chi connectivity index (χ1) is 13.9. The first kappa shape index (κ1) is 19.8.